The van der Waals surface area contributed by atoms with Crippen LogP contribution < -0.4 is 0 Å². The Morgan fingerprint density at radius 2 is 1.90 bits per heavy atom. The molecule has 1 aliphatic carbocycles. The highest BCUT2D eigenvalue weighted by atomic mass is 79.9. The number of ketones is 1. The highest BCUT2D eigenvalue weighted by molar-refractivity contribution is 9.10. The summed E-state index contributed by atoms with van der Waals surface area (Å²) in [6, 6.07) is 13.0. The molecule has 2 nitrogen and oxygen atoms in total. The Bertz CT molecular complexity index is 717. The van der Waals surface area contributed by atoms with Gasteiger partial charge in [0.2, 0.25) is 0 Å². The second kappa shape index (κ2) is 5.25. The molecule has 0 bridgehead atoms. The zero-order chi connectivity index (χ0) is 14.1. The van der Waals surface area contributed by atoms with E-state index in [2.05, 4.69) is 15.9 Å². The lowest BCUT2D eigenvalue weighted by Gasteiger charge is -2.17. The standard InChI is InChI=1S/C17H13BrO2/c18-15-10-11(5-8-16(15)19)9-13-7-6-12-3-1-2-4-14(12)17(13)20/h1-5,8-10,19H,6-7H2/b13-9-. The van der Waals surface area contributed by atoms with E-state index >= 15 is 0 Å². The lowest BCUT2D eigenvalue weighted by molar-refractivity contribution is 0.102. The number of phenols is 1. The predicted octanol–water partition coefficient (Wildman–Crippen LogP) is 4.37. The zero-order valence-corrected chi connectivity index (χ0v) is 12.4. The number of aromatic hydroxyl groups is 1. The molecule has 0 atom stereocenters. The minimum atomic E-state index is 0.107. The first-order valence-electron chi connectivity index (χ1n) is 6.47. The van der Waals surface area contributed by atoms with Crippen molar-refractivity contribution in [3.05, 3.63) is 69.2 Å². The smallest absolute Gasteiger partial charge is 0.189 e. The molecule has 0 radical (unpaired) electrons. The number of halogens is 1. The van der Waals surface area contributed by atoms with Gasteiger partial charge in [-0.3, -0.25) is 4.79 Å². The Morgan fingerprint density at radius 1 is 1.10 bits per heavy atom. The summed E-state index contributed by atoms with van der Waals surface area (Å²) in [5.41, 5.74) is 3.67. The molecule has 3 rings (SSSR count). The molecule has 0 aliphatic heterocycles. The fourth-order valence-corrected chi connectivity index (χ4v) is 2.86. The van der Waals surface area contributed by atoms with Gasteiger partial charge in [-0.05, 0) is 58.1 Å². The van der Waals surface area contributed by atoms with Crippen LogP contribution in [-0.2, 0) is 6.42 Å². The van der Waals surface area contributed by atoms with Crippen LogP contribution in [-0.4, -0.2) is 10.9 Å². The van der Waals surface area contributed by atoms with Crippen LogP contribution in [0.1, 0.15) is 27.9 Å². The topological polar surface area (TPSA) is 37.3 Å². The lowest BCUT2D eigenvalue weighted by atomic mass is 9.86. The number of fused-ring (bicyclic) bond motifs is 1. The molecule has 0 saturated heterocycles. The molecule has 0 fully saturated rings. The summed E-state index contributed by atoms with van der Waals surface area (Å²) in [7, 11) is 0. The van der Waals surface area contributed by atoms with E-state index in [9.17, 15) is 9.90 Å². The third kappa shape index (κ3) is 2.41. The summed E-state index contributed by atoms with van der Waals surface area (Å²) in [5, 5.41) is 9.50. The number of Topliss-reactive ketones (excluding diaryl/α,β-unsaturated/α-hetero) is 1. The molecule has 0 unspecified atom stereocenters. The second-order valence-electron chi connectivity index (χ2n) is 4.87. The van der Waals surface area contributed by atoms with Gasteiger partial charge in [-0.15, -0.1) is 0 Å². The van der Waals surface area contributed by atoms with E-state index in [4.69, 9.17) is 0 Å². The van der Waals surface area contributed by atoms with Gasteiger partial charge in [0.15, 0.2) is 5.78 Å². The van der Waals surface area contributed by atoms with Crippen molar-refractivity contribution in [2.75, 3.05) is 0 Å². The third-order valence-corrected chi connectivity index (χ3v) is 4.17. The van der Waals surface area contributed by atoms with Crippen LogP contribution in [0.15, 0.2) is 52.5 Å². The molecule has 1 N–H and O–H groups in total. The van der Waals surface area contributed by atoms with Crippen LogP contribution in [0.2, 0.25) is 0 Å². The molecule has 2 aromatic carbocycles. The van der Waals surface area contributed by atoms with E-state index in [-0.39, 0.29) is 11.5 Å². The maximum Gasteiger partial charge on any atom is 0.189 e. The van der Waals surface area contributed by atoms with E-state index < -0.39 is 0 Å². The van der Waals surface area contributed by atoms with E-state index in [1.54, 1.807) is 12.1 Å². The van der Waals surface area contributed by atoms with Gasteiger partial charge in [0.25, 0.3) is 0 Å². The summed E-state index contributed by atoms with van der Waals surface area (Å²) in [6.07, 6.45) is 3.56. The van der Waals surface area contributed by atoms with Gasteiger partial charge in [0.05, 0.1) is 4.47 Å². The number of carbonyl (C=O) groups excluding carboxylic acids is 1. The fraction of sp³-hybridized carbons (Fsp3) is 0.118. The summed E-state index contributed by atoms with van der Waals surface area (Å²) in [6.45, 7) is 0. The number of hydrogen-bond acceptors (Lipinski definition) is 2. The summed E-state index contributed by atoms with van der Waals surface area (Å²) < 4.78 is 0.635. The predicted molar refractivity (Wildman–Crippen MR) is 82.9 cm³/mol. The van der Waals surface area contributed by atoms with Crippen molar-refractivity contribution in [1.29, 1.82) is 0 Å². The Labute approximate surface area is 125 Å². The minimum Gasteiger partial charge on any atom is -0.507 e. The Hall–Kier alpha value is -1.87. The molecule has 1 aliphatic rings. The third-order valence-electron chi connectivity index (χ3n) is 3.53. The fourth-order valence-electron chi connectivity index (χ4n) is 2.47. The number of aryl methyl sites for hydroxylation is 1. The number of carbonyl (C=O) groups is 1. The molecule has 0 spiro atoms. The van der Waals surface area contributed by atoms with E-state index in [0.29, 0.717) is 4.47 Å². The van der Waals surface area contributed by atoms with Crippen LogP contribution in [0.3, 0.4) is 0 Å². The summed E-state index contributed by atoms with van der Waals surface area (Å²) in [4.78, 5) is 12.4. The van der Waals surface area contributed by atoms with Crippen LogP contribution in [0, 0.1) is 0 Å². The van der Waals surface area contributed by atoms with Crippen molar-refractivity contribution in [2.45, 2.75) is 12.8 Å². The van der Waals surface area contributed by atoms with Gasteiger partial charge < -0.3 is 5.11 Å². The molecule has 0 heterocycles. The second-order valence-corrected chi connectivity index (χ2v) is 5.72. The lowest BCUT2D eigenvalue weighted by Crippen LogP contribution is -2.13. The number of phenolic OH excluding ortho intramolecular Hbond substituents is 1. The number of hydrogen-bond donors (Lipinski definition) is 1. The van der Waals surface area contributed by atoms with Crippen LogP contribution in [0.4, 0.5) is 0 Å². The summed E-state index contributed by atoms with van der Waals surface area (Å²) in [5.74, 6) is 0.309. The Kier molecular flexibility index (Phi) is 3.45. The van der Waals surface area contributed by atoms with Crippen LogP contribution in [0.25, 0.3) is 6.08 Å². The van der Waals surface area contributed by atoms with Crippen LogP contribution in [0.5, 0.6) is 5.75 Å². The van der Waals surface area contributed by atoms with Gasteiger partial charge in [-0.2, -0.15) is 0 Å². The number of rotatable bonds is 1. The first-order valence-corrected chi connectivity index (χ1v) is 7.26. The largest absolute Gasteiger partial charge is 0.507 e. The maximum absolute atomic E-state index is 12.4. The van der Waals surface area contributed by atoms with Gasteiger partial charge in [0, 0.05) is 11.1 Å². The van der Waals surface area contributed by atoms with Gasteiger partial charge in [0.1, 0.15) is 5.75 Å². The monoisotopic (exact) mass is 328 g/mol. The molecule has 100 valence electrons. The van der Waals surface area contributed by atoms with E-state index in [0.717, 1.165) is 35.1 Å². The summed E-state index contributed by atoms with van der Waals surface area (Å²) >= 11 is 3.29. The molecular formula is C17H13BrO2. The molecule has 0 amide bonds. The molecule has 2 aromatic rings. The van der Waals surface area contributed by atoms with Crippen molar-refractivity contribution >= 4 is 27.8 Å². The average molecular weight is 329 g/mol. The normalized spacial score (nSPS) is 16.2. The SMILES string of the molecule is O=C1/C(=C\c2ccc(O)c(Br)c2)CCc2ccccc21. The highest BCUT2D eigenvalue weighted by Crippen LogP contribution is 2.29. The van der Waals surface area contributed by atoms with Crippen molar-refractivity contribution in [3.8, 4) is 5.75 Å². The van der Waals surface area contributed by atoms with Gasteiger partial charge in [-0.25, -0.2) is 0 Å². The quantitative estimate of drug-likeness (QED) is 0.789. The van der Waals surface area contributed by atoms with E-state index in [1.807, 2.05) is 36.4 Å². The number of benzene rings is 2. The number of allylic oxidation sites excluding steroid dienone is 1. The maximum atomic E-state index is 12.4. The molecule has 0 saturated carbocycles. The van der Waals surface area contributed by atoms with Crippen LogP contribution >= 0.6 is 15.9 Å². The van der Waals surface area contributed by atoms with Crippen molar-refractivity contribution in [2.24, 2.45) is 0 Å². The van der Waals surface area contributed by atoms with Crippen molar-refractivity contribution < 1.29 is 9.90 Å². The Balaban J connectivity index is 1.97. The molecular weight excluding hydrogens is 316 g/mol. The minimum absolute atomic E-state index is 0.107. The molecule has 20 heavy (non-hydrogen) atoms. The van der Waals surface area contributed by atoms with Crippen molar-refractivity contribution in [1.82, 2.24) is 0 Å². The molecule has 0 aromatic heterocycles. The first-order chi connectivity index (χ1) is 9.65. The zero-order valence-electron chi connectivity index (χ0n) is 10.8. The van der Waals surface area contributed by atoms with Crippen molar-refractivity contribution in [3.63, 3.8) is 0 Å². The first kappa shape index (κ1) is 13.1. The molecule has 3 heteroatoms. The van der Waals surface area contributed by atoms with E-state index in [1.165, 1.54) is 0 Å². The highest BCUT2D eigenvalue weighted by Gasteiger charge is 2.21. The average Bonchev–Trinajstić information content (AvgIpc) is 2.46. The van der Waals surface area contributed by atoms with Gasteiger partial charge in [-0.1, -0.05) is 30.3 Å². The Morgan fingerprint density at radius 3 is 2.70 bits per heavy atom. The van der Waals surface area contributed by atoms with Gasteiger partial charge >= 0.3 is 0 Å².